The molecule has 2 aromatic carbocycles. The maximum atomic E-state index is 13.0. The Morgan fingerprint density at radius 2 is 1.50 bits per heavy atom. The highest BCUT2D eigenvalue weighted by molar-refractivity contribution is 7.98. The summed E-state index contributed by atoms with van der Waals surface area (Å²) in [5.41, 5.74) is 2.71. The number of benzene rings is 2. The Kier molecular flexibility index (Phi) is 6.23. The highest BCUT2D eigenvalue weighted by atomic mass is 32.2. The zero-order chi connectivity index (χ0) is 20.9. The van der Waals surface area contributed by atoms with Crippen molar-refractivity contribution in [1.82, 2.24) is 9.80 Å². The van der Waals surface area contributed by atoms with Crippen LogP contribution in [0.4, 0.5) is 0 Å². The molecule has 30 heavy (non-hydrogen) atoms. The molecule has 3 aromatic rings. The van der Waals surface area contributed by atoms with Gasteiger partial charge in [0.05, 0.1) is 6.26 Å². The first-order chi connectivity index (χ1) is 14.6. The summed E-state index contributed by atoms with van der Waals surface area (Å²) in [6.07, 6.45) is 1.57. The van der Waals surface area contributed by atoms with Crippen LogP contribution in [-0.4, -0.2) is 47.8 Å². The van der Waals surface area contributed by atoms with E-state index in [1.807, 2.05) is 60.4 Å². The third-order valence-corrected chi connectivity index (χ3v) is 6.29. The summed E-state index contributed by atoms with van der Waals surface area (Å²) >= 11 is 1.68. The largest absolute Gasteiger partial charge is 0.459 e. The molecule has 1 saturated heterocycles. The van der Waals surface area contributed by atoms with E-state index in [0.717, 1.165) is 16.0 Å². The summed E-state index contributed by atoms with van der Waals surface area (Å²) in [6.45, 7) is 4.05. The second-order valence-electron chi connectivity index (χ2n) is 7.33. The molecule has 0 saturated carbocycles. The number of piperazine rings is 1. The quantitative estimate of drug-likeness (QED) is 0.571. The van der Waals surface area contributed by atoms with E-state index in [1.165, 1.54) is 0 Å². The van der Waals surface area contributed by atoms with Crippen molar-refractivity contribution in [2.24, 2.45) is 0 Å². The van der Waals surface area contributed by atoms with Crippen molar-refractivity contribution in [3.05, 3.63) is 89.4 Å². The molecule has 1 aliphatic rings. The molecule has 2 heterocycles. The molecule has 2 amide bonds. The van der Waals surface area contributed by atoms with Gasteiger partial charge < -0.3 is 14.2 Å². The molecule has 1 aromatic heterocycles. The van der Waals surface area contributed by atoms with Crippen LogP contribution in [0.25, 0.3) is 0 Å². The average molecular weight is 421 g/mol. The lowest BCUT2D eigenvalue weighted by molar-refractivity contribution is 0.0517. The minimum absolute atomic E-state index is 0.0139. The molecule has 1 aliphatic heterocycles. The third kappa shape index (κ3) is 4.60. The van der Waals surface area contributed by atoms with Crippen LogP contribution in [0.15, 0.2) is 76.2 Å². The van der Waals surface area contributed by atoms with Gasteiger partial charge in [-0.2, -0.15) is 0 Å². The van der Waals surface area contributed by atoms with Gasteiger partial charge in [0, 0.05) is 48.0 Å². The van der Waals surface area contributed by atoms with E-state index >= 15 is 0 Å². The Bertz CT molecular complexity index is 1010. The van der Waals surface area contributed by atoms with Crippen LogP contribution < -0.4 is 0 Å². The van der Waals surface area contributed by atoms with Crippen molar-refractivity contribution in [3.8, 4) is 0 Å². The van der Waals surface area contributed by atoms with Crippen LogP contribution >= 0.6 is 11.8 Å². The van der Waals surface area contributed by atoms with Crippen LogP contribution in [0.2, 0.25) is 0 Å². The molecular formula is C24H24N2O3S. The number of hydrogen-bond acceptors (Lipinski definition) is 4. The third-order valence-electron chi connectivity index (χ3n) is 5.23. The molecule has 4 rings (SSSR count). The fourth-order valence-electron chi connectivity index (χ4n) is 3.45. The summed E-state index contributed by atoms with van der Waals surface area (Å²) in [4.78, 5) is 30.4. The lowest BCUT2D eigenvalue weighted by atomic mass is 10.1. The monoisotopic (exact) mass is 420 g/mol. The van der Waals surface area contributed by atoms with Crippen LogP contribution in [0.1, 0.15) is 32.0 Å². The van der Waals surface area contributed by atoms with Gasteiger partial charge in [-0.25, -0.2) is 0 Å². The molecule has 1 fully saturated rings. The fraction of sp³-hybridized carbons (Fsp3) is 0.250. The van der Waals surface area contributed by atoms with E-state index in [0.29, 0.717) is 43.3 Å². The number of furan rings is 1. The zero-order valence-corrected chi connectivity index (χ0v) is 17.7. The van der Waals surface area contributed by atoms with Crippen molar-refractivity contribution in [1.29, 1.82) is 0 Å². The van der Waals surface area contributed by atoms with Gasteiger partial charge in [0.15, 0.2) is 5.76 Å². The Hall–Kier alpha value is -2.99. The predicted octanol–water partition coefficient (Wildman–Crippen LogP) is 4.48. The Morgan fingerprint density at radius 3 is 2.17 bits per heavy atom. The molecule has 6 heteroatoms. The van der Waals surface area contributed by atoms with Crippen LogP contribution in [0.3, 0.4) is 0 Å². The van der Waals surface area contributed by atoms with Crippen molar-refractivity contribution in [2.75, 3.05) is 26.2 Å². The highest BCUT2D eigenvalue weighted by Crippen LogP contribution is 2.26. The van der Waals surface area contributed by atoms with Gasteiger partial charge in [-0.15, -0.1) is 11.8 Å². The molecule has 0 spiro atoms. The van der Waals surface area contributed by atoms with Gasteiger partial charge in [0.1, 0.15) is 0 Å². The first-order valence-electron chi connectivity index (χ1n) is 10.0. The summed E-state index contributed by atoms with van der Waals surface area (Å²) in [5, 5.41) is 0. The van der Waals surface area contributed by atoms with Crippen molar-refractivity contribution in [2.45, 2.75) is 17.6 Å². The van der Waals surface area contributed by atoms with Crippen LogP contribution in [0, 0.1) is 6.92 Å². The predicted molar refractivity (Wildman–Crippen MR) is 118 cm³/mol. The summed E-state index contributed by atoms with van der Waals surface area (Å²) in [6, 6.07) is 19.6. The Labute approximate surface area is 180 Å². The molecule has 0 bridgehead atoms. The first-order valence-corrected chi connectivity index (χ1v) is 11.0. The minimum atomic E-state index is -0.105. The average Bonchev–Trinajstić information content (AvgIpc) is 3.27. The van der Waals surface area contributed by atoms with Crippen molar-refractivity contribution >= 4 is 23.6 Å². The van der Waals surface area contributed by atoms with E-state index in [9.17, 15) is 9.59 Å². The minimum Gasteiger partial charge on any atom is -0.459 e. The molecule has 0 radical (unpaired) electrons. The normalized spacial score (nSPS) is 14.0. The lowest BCUT2D eigenvalue weighted by Gasteiger charge is -2.34. The number of carbonyl (C=O) groups is 2. The number of amides is 2. The van der Waals surface area contributed by atoms with E-state index in [1.54, 1.807) is 22.9 Å². The molecular weight excluding hydrogens is 396 g/mol. The molecule has 154 valence electrons. The Morgan fingerprint density at radius 1 is 0.867 bits per heavy atom. The van der Waals surface area contributed by atoms with Crippen molar-refractivity contribution in [3.63, 3.8) is 0 Å². The number of carbonyl (C=O) groups excluding carboxylic acids is 2. The first kappa shape index (κ1) is 20.3. The van der Waals surface area contributed by atoms with Gasteiger partial charge in [0.25, 0.3) is 11.8 Å². The number of aryl methyl sites for hydroxylation is 1. The topological polar surface area (TPSA) is 53.8 Å². The molecule has 0 aliphatic carbocycles. The fourth-order valence-corrected chi connectivity index (χ4v) is 4.35. The molecule has 0 unspecified atom stereocenters. The molecule has 0 atom stereocenters. The SMILES string of the molecule is Cc1ccc(C(=O)N2CCN(C(=O)c3occc3CSc3ccccc3)CC2)cc1. The summed E-state index contributed by atoms with van der Waals surface area (Å²) in [7, 11) is 0. The van der Waals surface area contributed by atoms with Crippen LogP contribution in [-0.2, 0) is 5.75 Å². The zero-order valence-electron chi connectivity index (χ0n) is 16.9. The smallest absolute Gasteiger partial charge is 0.289 e. The van der Waals surface area contributed by atoms with Crippen LogP contribution in [0.5, 0.6) is 0 Å². The van der Waals surface area contributed by atoms with Gasteiger partial charge in [0.2, 0.25) is 0 Å². The summed E-state index contributed by atoms with van der Waals surface area (Å²) < 4.78 is 5.54. The maximum Gasteiger partial charge on any atom is 0.289 e. The molecule has 5 nitrogen and oxygen atoms in total. The van der Waals surface area contributed by atoms with E-state index < -0.39 is 0 Å². The molecule has 0 N–H and O–H groups in total. The van der Waals surface area contributed by atoms with Gasteiger partial charge in [-0.1, -0.05) is 35.9 Å². The van der Waals surface area contributed by atoms with E-state index in [2.05, 4.69) is 12.1 Å². The van der Waals surface area contributed by atoms with Crippen molar-refractivity contribution < 1.29 is 14.0 Å². The summed E-state index contributed by atoms with van der Waals surface area (Å²) in [5.74, 6) is 0.982. The lowest BCUT2D eigenvalue weighted by Crippen LogP contribution is -2.50. The van der Waals surface area contributed by atoms with Gasteiger partial charge in [-0.05, 0) is 37.3 Å². The van der Waals surface area contributed by atoms with E-state index in [-0.39, 0.29) is 11.8 Å². The van der Waals surface area contributed by atoms with Gasteiger partial charge >= 0.3 is 0 Å². The second kappa shape index (κ2) is 9.22. The van der Waals surface area contributed by atoms with E-state index in [4.69, 9.17) is 4.42 Å². The second-order valence-corrected chi connectivity index (χ2v) is 8.38. The number of nitrogens with zero attached hydrogens (tertiary/aromatic N) is 2. The Balaban J connectivity index is 1.35. The number of rotatable bonds is 5. The number of thioether (sulfide) groups is 1. The standard InChI is InChI=1S/C24H24N2O3S/c1-18-7-9-19(10-8-18)23(27)25-12-14-26(15-13-25)24(28)22-20(11-16-29-22)17-30-21-5-3-2-4-6-21/h2-11,16H,12-15,17H2,1H3. The number of hydrogen-bond donors (Lipinski definition) is 0. The maximum absolute atomic E-state index is 13.0. The highest BCUT2D eigenvalue weighted by Gasteiger charge is 2.28. The van der Waals surface area contributed by atoms with Gasteiger partial charge in [-0.3, -0.25) is 9.59 Å².